The van der Waals surface area contributed by atoms with Crippen molar-refractivity contribution in [1.29, 1.82) is 5.26 Å². The minimum absolute atomic E-state index is 0.0420. The zero-order valence-corrected chi connectivity index (χ0v) is 11.9. The first-order valence-electron chi connectivity index (χ1n) is 6.18. The minimum atomic E-state index is -0.864. The summed E-state index contributed by atoms with van der Waals surface area (Å²) in [5.41, 5.74) is 0.174. The predicted octanol–water partition coefficient (Wildman–Crippen LogP) is 4.00. The highest BCUT2D eigenvalue weighted by molar-refractivity contribution is 6.31. The van der Waals surface area contributed by atoms with Gasteiger partial charge < -0.3 is 4.74 Å². The van der Waals surface area contributed by atoms with Gasteiger partial charge in [-0.1, -0.05) is 29.8 Å². The molecule has 1 unspecified atom stereocenters. The monoisotopic (exact) mass is 303 g/mol. The molecule has 0 amide bonds. The van der Waals surface area contributed by atoms with Gasteiger partial charge in [0.05, 0.1) is 0 Å². The summed E-state index contributed by atoms with van der Waals surface area (Å²) in [7, 11) is 0. The van der Waals surface area contributed by atoms with Crippen LogP contribution >= 0.6 is 11.6 Å². The Kier molecular flexibility index (Phi) is 4.56. The summed E-state index contributed by atoms with van der Waals surface area (Å²) >= 11 is 5.84. The molecule has 21 heavy (non-hydrogen) atoms. The van der Waals surface area contributed by atoms with Crippen molar-refractivity contribution in [2.45, 2.75) is 13.0 Å². The van der Waals surface area contributed by atoms with Gasteiger partial charge in [0.1, 0.15) is 23.2 Å². The summed E-state index contributed by atoms with van der Waals surface area (Å²) in [6, 6.07) is 12.2. The number of benzene rings is 2. The molecule has 2 rings (SSSR count). The third kappa shape index (κ3) is 3.39. The molecule has 0 radical (unpaired) electrons. The van der Waals surface area contributed by atoms with Gasteiger partial charge in [-0.2, -0.15) is 5.26 Å². The van der Waals surface area contributed by atoms with Crippen LogP contribution in [0.2, 0.25) is 5.02 Å². The van der Waals surface area contributed by atoms with Crippen LogP contribution in [-0.2, 0) is 0 Å². The van der Waals surface area contributed by atoms with Crippen LogP contribution in [0.1, 0.15) is 22.8 Å². The third-order valence-corrected chi connectivity index (χ3v) is 3.10. The Morgan fingerprint density at radius 1 is 1.33 bits per heavy atom. The van der Waals surface area contributed by atoms with E-state index >= 15 is 0 Å². The van der Waals surface area contributed by atoms with Gasteiger partial charge in [-0.25, -0.2) is 4.39 Å². The largest absolute Gasteiger partial charge is 0.481 e. The quantitative estimate of drug-likeness (QED) is 0.802. The molecule has 0 bridgehead atoms. The van der Waals surface area contributed by atoms with E-state index in [4.69, 9.17) is 21.6 Å². The number of halogens is 2. The molecule has 0 heterocycles. The Bertz CT molecular complexity index is 724. The standard InChI is InChI=1S/C16H11ClFNO2/c1-10(16(20)11-4-2-5-12(17)8-11)21-15-7-3-6-14(18)13(15)9-19/h2-8,10H,1H3. The Morgan fingerprint density at radius 3 is 2.71 bits per heavy atom. The predicted molar refractivity (Wildman–Crippen MR) is 77.0 cm³/mol. The number of hydrogen-bond donors (Lipinski definition) is 0. The molecule has 106 valence electrons. The first-order valence-corrected chi connectivity index (χ1v) is 6.55. The molecule has 0 spiro atoms. The Labute approximate surface area is 126 Å². The van der Waals surface area contributed by atoms with Crippen molar-refractivity contribution in [2.75, 3.05) is 0 Å². The second-order valence-corrected chi connectivity index (χ2v) is 4.80. The SMILES string of the molecule is CC(Oc1cccc(F)c1C#N)C(=O)c1cccc(Cl)c1. The summed E-state index contributed by atoms with van der Waals surface area (Å²) in [5, 5.41) is 9.37. The zero-order valence-electron chi connectivity index (χ0n) is 11.1. The summed E-state index contributed by atoms with van der Waals surface area (Å²) in [6.45, 7) is 1.54. The highest BCUT2D eigenvalue weighted by atomic mass is 35.5. The maximum absolute atomic E-state index is 13.5. The lowest BCUT2D eigenvalue weighted by atomic mass is 10.1. The number of carbonyl (C=O) groups is 1. The van der Waals surface area contributed by atoms with Gasteiger partial charge in [-0.05, 0) is 31.2 Å². The molecular weight excluding hydrogens is 293 g/mol. The van der Waals surface area contributed by atoms with Gasteiger partial charge in [-0.3, -0.25) is 4.79 Å². The highest BCUT2D eigenvalue weighted by Gasteiger charge is 2.19. The van der Waals surface area contributed by atoms with Crippen LogP contribution in [-0.4, -0.2) is 11.9 Å². The normalized spacial score (nSPS) is 11.5. The minimum Gasteiger partial charge on any atom is -0.481 e. The highest BCUT2D eigenvalue weighted by Crippen LogP contribution is 2.22. The smallest absolute Gasteiger partial charge is 0.203 e. The van der Waals surface area contributed by atoms with Crippen LogP contribution in [0.5, 0.6) is 5.75 Å². The molecule has 0 saturated heterocycles. The number of ether oxygens (including phenoxy) is 1. The van der Waals surface area contributed by atoms with Gasteiger partial charge in [-0.15, -0.1) is 0 Å². The molecule has 0 fully saturated rings. The van der Waals surface area contributed by atoms with Crippen molar-refractivity contribution in [1.82, 2.24) is 0 Å². The maximum Gasteiger partial charge on any atom is 0.203 e. The Balaban J connectivity index is 2.23. The Morgan fingerprint density at radius 2 is 2.05 bits per heavy atom. The van der Waals surface area contributed by atoms with E-state index in [9.17, 15) is 9.18 Å². The fraction of sp³-hybridized carbons (Fsp3) is 0.125. The summed E-state index contributed by atoms with van der Waals surface area (Å²) in [5.74, 6) is -0.941. The van der Waals surface area contributed by atoms with Crippen molar-refractivity contribution < 1.29 is 13.9 Å². The molecule has 0 aliphatic carbocycles. The average Bonchev–Trinajstić information content (AvgIpc) is 2.46. The summed E-state index contributed by atoms with van der Waals surface area (Å²) < 4.78 is 18.9. The van der Waals surface area contributed by atoms with Crippen molar-refractivity contribution in [3.63, 3.8) is 0 Å². The lowest BCUT2D eigenvalue weighted by Crippen LogP contribution is -2.24. The van der Waals surface area contributed by atoms with Gasteiger partial charge >= 0.3 is 0 Å². The topological polar surface area (TPSA) is 50.1 Å². The van der Waals surface area contributed by atoms with Crippen LogP contribution in [0.25, 0.3) is 0 Å². The first kappa shape index (κ1) is 15.0. The van der Waals surface area contributed by atoms with E-state index in [0.717, 1.165) is 6.07 Å². The molecule has 2 aromatic carbocycles. The second-order valence-electron chi connectivity index (χ2n) is 4.36. The molecule has 0 N–H and O–H groups in total. The first-order chi connectivity index (χ1) is 10.0. The van der Waals surface area contributed by atoms with Gasteiger partial charge in [0.15, 0.2) is 6.10 Å². The van der Waals surface area contributed by atoms with E-state index < -0.39 is 11.9 Å². The number of ketones is 1. The number of Topliss-reactive ketones (excluding diaryl/α,β-unsaturated/α-hetero) is 1. The van der Waals surface area contributed by atoms with Crippen LogP contribution in [0.3, 0.4) is 0 Å². The van der Waals surface area contributed by atoms with Crippen molar-refractivity contribution >= 4 is 17.4 Å². The van der Waals surface area contributed by atoms with Gasteiger partial charge in [0, 0.05) is 10.6 Å². The van der Waals surface area contributed by atoms with E-state index in [2.05, 4.69) is 0 Å². The summed E-state index contributed by atoms with van der Waals surface area (Å²) in [6.07, 6.45) is -0.864. The second kappa shape index (κ2) is 6.38. The van der Waals surface area contributed by atoms with E-state index in [1.54, 1.807) is 24.3 Å². The van der Waals surface area contributed by atoms with E-state index in [0.29, 0.717) is 10.6 Å². The Hall–Kier alpha value is -2.38. The van der Waals surface area contributed by atoms with Crippen molar-refractivity contribution in [2.24, 2.45) is 0 Å². The summed E-state index contributed by atoms with van der Waals surface area (Å²) in [4.78, 5) is 12.2. The van der Waals surface area contributed by atoms with Crippen LogP contribution in [0, 0.1) is 17.1 Å². The number of rotatable bonds is 4. The molecule has 0 saturated carbocycles. The molecule has 1 atom stereocenters. The molecule has 0 aliphatic rings. The fourth-order valence-corrected chi connectivity index (χ4v) is 2.02. The number of nitrogens with zero attached hydrogens (tertiary/aromatic N) is 1. The molecule has 2 aromatic rings. The average molecular weight is 304 g/mol. The lowest BCUT2D eigenvalue weighted by molar-refractivity contribution is 0.0817. The van der Waals surface area contributed by atoms with E-state index in [1.165, 1.54) is 25.1 Å². The molecular formula is C16H11ClFNO2. The zero-order chi connectivity index (χ0) is 15.4. The fourth-order valence-electron chi connectivity index (χ4n) is 1.83. The maximum atomic E-state index is 13.5. The van der Waals surface area contributed by atoms with Gasteiger partial charge in [0.25, 0.3) is 0 Å². The lowest BCUT2D eigenvalue weighted by Gasteiger charge is -2.15. The number of carbonyl (C=O) groups excluding carboxylic acids is 1. The van der Waals surface area contributed by atoms with Crippen LogP contribution in [0.15, 0.2) is 42.5 Å². The molecule has 5 heteroatoms. The van der Waals surface area contributed by atoms with Crippen LogP contribution in [0.4, 0.5) is 4.39 Å². The molecule has 0 aliphatic heterocycles. The van der Waals surface area contributed by atoms with E-state index in [-0.39, 0.29) is 17.1 Å². The molecule has 0 aromatic heterocycles. The van der Waals surface area contributed by atoms with E-state index in [1.807, 2.05) is 0 Å². The number of hydrogen-bond acceptors (Lipinski definition) is 3. The molecule has 3 nitrogen and oxygen atoms in total. The van der Waals surface area contributed by atoms with Crippen molar-refractivity contribution in [3.8, 4) is 11.8 Å². The third-order valence-electron chi connectivity index (χ3n) is 2.87. The van der Waals surface area contributed by atoms with Gasteiger partial charge in [0.2, 0.25) is 5.78 Å². The number of nitriles is 1. The van der Waals surface area contributed by atoms with Crippen LogP contribution < -0.4 is 4.74 Å². The van der Waals surface area contributed by atoms with Crippen molar-refractivity contribution in [3.05, 3.63) is 64.4 Å².